The molecule has 0 amide bonds. The van der Waals surface area contributed by atoms with Gasteiger partial charge in [-0.05, 0) is 36.8 Å². The normalized spacial score (nSPS) is 17.8. The van der Waals surface area contributed by atoms with Crippen LogP contribution >= 0.6 is 0 Å². The monoisotopic (exact) mass is 487 g/mol. The van der Waals surface area contributed by atoms with Gasteiger partial charge in [0.15, 0.2) is 0 Å². The number of rotatable bonds is 4. The molecule has 36 heavy (non-hydrogen) atoms. The van der Waals surface area contributed by atoms with Gasteiger partial charge in [-0.2, -0.15) is 0 Å². The summed E-state index contributed by atoms with van der Waals surface area (Å²) in [5.74, 6) is -1.08. The summed E-state index contributed by atoms with van der Waals surface area (Å²) in [7, 11) is 0. The summed E-state index contributed by atoms with van der Waals surface area (Å²) in [5.41, 5.74) is 0.542. The number of hydrogen-bond acceptors (Lipinski definition) is 7. The lowest BCUT2D eigenvalue weighted by Gasteiger charge is -2.36. The molecule has 6 rings (SSSR count). The number of carbonyl (C=O) groups excluding carboxylic acids is 1. The summed E-state index contributed by atoms with van der Waals surface area (Å²) in [4.78, 5) is 42.4. The van der Waals surface area contributed by atoms with Crippen molar-refractivity contribution < 1.29 is 23.6 Å². The van der Waals surface area contributed by atoms with Crippen LogP contribution in [-0.4, -0.2) is 20.4 Å². The number of aromatic nitrogens is 2. The van der Waals surface area contributed by atoms with Crippen molar-refractivity contribution in [2.24, 2.45) is 0 Å². The van der Waals surface area contributed by atoms with Crippen molar-refractivity contribution in [3.05, 3.63) is 97.6 Å². The van der Waals surface area contributed by atoms with Gasteiger partial charge in [-0.25, -0.2) is 14.2 Å². The minimum atomic E-state index is -1.66. The smallest absolute Gasteiger partial charge is 0.355 e. The lowest BCUT2D eigenvalue weighted by molar-refractivity contribution is -0.383. The molecule has 10 heteroatoms. The third kappa shape index (κ3) is 3.03. The molecule has 2 aromatic heterocycles. The molecule has 0 radical (unpaired) electrons. The molecule has 0 bridgehead atoms. The first-order chi connectivity index (χ1) is 17.3. The minimum Gasteiger partial charge on any atom is -0.471 e. The van der Waals surface area contributed by atoms with E-state index in [4.69, 9.17) is 9.47 Å². The van der Waals surface area contributed by atoms with E-state index in [0.29, 0.717) is 33.4 Å². The molecule has 0 aliphatic carbocycles. The minimum absolute atomic E-state index is 0.0714. The highest BCUT2D eigenvalue weighted by Crippen LogP contribution is 2.42. The zero-order chi connectivity index (χ0) is 25.2. The maximum absolute atomic E-state index is 13.9. The van der Waals surface area contributed by atoms with Crippen molar-refractivity contribution in [2.75, 3.05) is 0 Å². The van der Waals surface area contributed by atoms with Gasteiger partial charge in [-0.1, -0.05) is 19.1 Å². The zero-order valence-corrected chi connectivity index (χ0v) is 19.0. The largest absolute Gasteiger partial charge is 0.471 e. The second-order valence-electron chi connectivity index (χ2n) is 8.73. The molecule has 0 unspecified atom stereocenters. The van der Waals surface area contributed by atoms with Crippen molar-refractivity contribution in [3.8, 4) is 17.1 Å². The van der Waals surface area contributed by atoms with E-state index in [2.05, 4.69) is 4.98 Å². The van der Waals surface area contributed by atoms with Crippen LogP contribution in [0, 0.1) is 15.9 Å². The first kappa shape index (κ1) is 21.9. The molecule has 180 valence electrons. The van der Waals surface area contributed by atoms with Gasteiger partial charge in [0.05, 0.1) is 39.3 Å². The average molecular weight is 487 g/mol. The van der Waals surface area contributed by atoms with E-state index >= 15 is 0 Å². The average Bonchev–Trinajstić information content (AvgIpc) is 3.22. The third-order valence-corrected chi connectivity index (χ3v) is 6.78. The predicted molar refractivity (Wildman–Crippen MR) is 126 cm³/mol. The number of nitro benzene ring substituents is 1. The zero-order valence-electron chi connectivity index (χ0n) is 19.0. The number of pyridine rings is 2. The Bertz CT molecular complexity index is 1680. The fourth-order valence-electron chi connectivity index (χ4n) is 5.04. The number of halogens is 1. The number of carbonyl (C=O) groups is 1. The molecule has 0 saturated carbocycles. The molecule has 2 aliphatic rings. The quantitative estimate of drug-likeness (QED) is 0.212. The number of cyclic esters (lactones) is 1. The highest BCUT2D eigenvalue weighted by atomic mass is 19.1. The molecule has 0 spiro atoms. The van der Waals surface area contributed by atoms with Gasteiger partial charge in [0, 0.05) is 23.3 Å². The van der Waals surface area contributed by atoms with Crippen molar-refractivity contribution in [3.63, 3.8) is 0 Å². The Kier molecular flexibility index (Phi) is 4.69. The van der Waals surface area contributed by atoms with Crippen LogP contribution in [0.15, 0.2) is 59.4 Å². The van der Waals surface area contributed by atoms with Crippen LogP contribution in [-0.2, 0) is 28.3 Å². The SMILES string of the molecule is CC[C@@]1(Oc2cccc(F)c2)C(=O)OCc2c1cc1n(c2=O)Cc2cc3c([N+](=O)[O-])cccc3nc2-1. The van der Waals surface area contributed by atoms with Crippen LogP contribution in [0.2, 0.25) is 0 Å². The summed E-state index contributed by atoms with van der Waals surface area (Å²) in [6, 6.07) is 13.4. The molecular formula is C26H18FN3O6. The lowest BCUT2D eigenvalue weighted by atomic mass is 9.85. The van der Waals surface area contributed by atoms with Crippen molar-refractivity contribution in [1.29, 1.82) is 0 Å². The Hall–Kier alpha value is -4.60. The van der Waals surface area contributed by atoms with Crippen LogP contribution in [0.25, 0.3) is 22.3 Å². The second kappa shape index (κ2) is 7.70. The van der Waals surface area contributed by atoms with E-state index in [-0.39, 0.29) is 42.1 Å². The summed E-state index contributed by atoms with van der Waals surface area (Å²) in [6.07, 6.45) is 0.127. The van der Waals surface area contributed by atoms with Crippen molar-refractivity contribution >= 4 is 22.6 Å². The van der Waals surface area contributed by atoms with Gasteiger partial charge in [0.1, 0.15) is 18.2 Å². The first-order valence-corrected chi connectivity index (χ1v) is 11.3. The maximum atomic E-state index is 13.9. The van der Waals surface area contributed by atoms with Crippen LogP contribution in [0.1, 0.15) is 30.0 Å². The summed E-state index contributed by atoms with van der Waals surface area (Å²) in [6.45, 7) is 1.67. The summed E-state index contributed by atoms with van der Waals surface area (Å²) < 4.78 is 26.8. The lowest BCUT2D eigenvalue weighted by Crippen LogP contribution is -2.48. The first-order valence-electron chi connectivity index (χ1n) is 11.3. The Balaban J connectivity index is 1.57. The fraction of sp³-hybridized carbons (Fsp3) is 0.192. The molecule has 1 atom stereocenters. The Morgan fingerprint density at radius 2 is 2.00 bits per heavy atom. The predicted octanol–water partition coefficient (Wildman–Crippen LogP) is 4.21. The molecule has 0 N–H and O–H groups in total. The number of nitro groups is 1. The van der Waals surface area contributed by atoms with Crippen LogP contribution in [0.5, 0.6) is 5.75 Å². The topological polar surface area (TPSA) is 114 Å². The van der Waals surface area contributed by atoms with Crippen LogP contribution < -0.4 is 10.3 Å². The van der Waals surface area contributed by atoms with Gasteiger partial charge in [0.25, 0.3) is 11.2 Å². The van der Waals surface area contributed by atoms with Gasteiger partial charge in [-0.15, -0.1) is 0 Å². The van der Waals surface area contributed by atoms with Gasteiger partial charge in [0.2, 0.25) is 5.60 Å². The fourth-order valence-corrected chi connectivity index (χ4v) is 5.04. The number of hydrogen-bond donors (Lipinski definition) is 0. The third-order valence-electron chi connectivity index (χ3n) is 6.78. The summed E-state index contributed by atoms with van der Waals surface area (Å²) in [5, 5.41) is 11.9. The van der Waals surface area contributed by atoms with Gasteiger partial charge < -0.3 is 14.0 Å². The van der Waals surface area contributed by atoms with Crippen molar-refractivity contribution in [1.82, 2.24) is 9.55 Å². The number of fused-ring (bicyclic) bond motifs is 5. The van der Waals surface area contributed by atoms with Crippen molar-refractivity contribution in [2.45, 2.75) is 32.1 Å². The van der Waals surface area contributed by atoms with E-state index in [1.807, 2.05) is 0 Å². The van der Waals surface area contributed by atoms with E-state index in [9.17, 15) is 24.1 Å². The molecule has 2 aliphatic heterocycles. The highest BCUT2D eigenvalue weighted by Gasteiger charge is 2.49. The van der Waals surface area contributed by atoms with Gasteiger partial charge >= 0.3 is 5.97 Å². The second-order valence-corrected chi connectivity index (χ2v) is 8.73. The number of benzene rings is 2. The molecule has 0 saturated heterocycles. The molecule has 9 nitrogen and oxygen atoms in total. The Morgan fingerprint density at radius 3 is 2.75 bits per heavy atom. The molecule has 4 heterocycles. The summed E-state index contributed by atoms with van der Waals surface area (Å²) >= 11 is 0. The molecule has 0 fully saturated rings. The van der Waals surface area contributed by atoms with E-state index in [1.54, 1.807) is 31.2 Å². The Morgan fingerprint density at radius 1 is 1.19 bits per heavy atom. The number of ether oxygens (including phenoxy) is 2. The standard InChI is InChI=1S/C26H18FN3O6/c1-2-26(36-16-6-3-5-15(27)10-16)19-11-22-23-14(12-29(22)24(31)18(19)13-35-25(26)32)9-17-20(28-23)7-4-8-21(17)30(33)34/h3-11H,2,12-13H2,1H3/t26-/m0/s1. The van der Waals surface area contributed by atoms with Crippen LogP contribution in [0.4, 0.5) is 10.1 Å². The maximum Gasteiger partial charge on any atom is 0.355 e. The molecular weight excluding hydrogens is 469 g/mol. The van der Waals surface area contributed by atoms with Crippen LogP contribution in [0.3, 0.4) is 0 Å². The van der Waals surface area contributed by atoms with E-state index < -0.39 is 22.3 Å². The van der Waals surface area contributed by atoms with Gasteiger partial charge in [-0.3, -0.25) is 14.9 Å². The van der Waals surface area contributed by atoms with E-state index in [0.717, 1.165) is 6.07 Å². The number of nitrogens with zero attached hydrogens (tertiary/aromatic N) is 3. The Labute approximate surface area is 202 Å². The molecule has 4 aromatic rings. The number of esters is 1. The highest BCUT2D eigenvalue weighted by molar-refractivity contribution is 5.91. The molecule has 2 aromatic carbocycles. The number of non-ortho nitro benzene ring substituents is 1. The van der Waals surface area contributed by atoms with E-state index in [1.165, 1.54) is 28.8 Å².